The molecule has 1 saturated carbocycles. The second-order valence-corrected chi connectivity index (χ2v) is 15.7. The lowest BCUT2D eigenvalue weighted by Gasteiger charge is -2.29. The molecule has 1 aliphatic heterocycles. The van der Waals surface area contributed by atoms with Crippen LogP contribution in [-0.2, 0) is 23.7 Å². The first-order valence-corrected chi connectivity index (χ1v) is 22.8. The van der Waals surface area contributed by atoms with Gasteiger partial charge < -0.3 is 33.0 Å². The van der Waals surface area contributed by atoms with Crippen LogP contribution in [0.2, 0.25) is 0 Å². The number of Topliss-reactive ketones (excluding diaryl/α,β-unsaturated/α-hetero) is 1. The van der Waals surface area contributed by atoms with E-state index in [-0.39, 0.29) is 19.2 Å². The lowest BCUT2D eigenvalue weighted by atomic mass is 10.00. The lowest BCUT2D eigenvalue weighted by Crippen LogP contribution is -2.35. The van der Waals surface area contributed by atoms with Gasteiger partial charge in [0.25, 0.3) is 5.91 Å². The quantitative estimate of drug-likeness (QED) is 0.0349. The Balaban J connectivity index is 0.00000157. The summed E-state index contributed by atoms with van der Waals surface area (Å²) in [6.45, 7) is 15.8. The summed E-state index contributed by atoms with van der Waals surface area (Å²) in [6, 6.07) is 15.0. The molecule has 0 spiro atoms. The number of ether oxygens (including phenoxy) is 6. The molecular formula is C53H64FN3O8. The van der Waals surface area contributed by atoms with Crippen LogP contribution < -0.4 is 9.47 Å². The average molecular weight is 890 g/mol. The van der Waals surface area contributed by atoms with Crippen LogP contribution in [-0.4, -0.2) is 98.3 Å². The standard InChI is InChI=1S/C49H52FN3O8.C4H10.H2/c1-4-35-11-14-38(54)15-19-45(35)53-44(5-2)43-32-39(16-18-42(43)49(53)55)60-29-27-58-25-23-56-21-22-57-24-26-59-28-30-61-48-20-13-37(33-51-48)36-12-17-41-40-9-7-6-8-10-46(40)52(34(3)50)47(41)31-36;1-3-4-2;/h4,6,8-10,12-13,16-18,20,31-34,45H,2,11,14-15,19,21-30H2,1,3H3;3-4H2,1-2H3;1H/b35-4+;;. The first-order chi connectivity index (χ1) is 31.8. The average Bonchev–Trinajstić information content (AvgIpc) is 3.53. The number of alkyl halides is 1. The van der Waals surface area contributed by atoms with Crippen molar-refractivity contribution in [2.24, 2.45) is 0 Å². The number of nitrogens with zero attached hydrogens (tertiary/aromatic N) is 3. The number of amides is 1. The minimum Gasteiger partial charge on any atom is -0.491 e. The summed E-state index contributed by atoms with van der Waals surface area (Å²) in [6.07, 6.45) is 14.9. The van der Waals surface area contributed by atoms with Crippen molar-refractivity contribution < 1.29 is 43.8 Å². The minimum atomic E-state index is -1.19. The molecule has 1 amide bonds. The van der Waals surface area contributed by atoms with E-state index in [1.54, 1.807) is 34.7 Å². The summed E-state index contributed by atoms with van der Waals surface area (Å²) < 4.78 is 50.7. The Morgan fingerprint density at radius 3 is 2.17 bits per heavy atom. The number of benzene rings is 2. The van der Waals surface area contributed by atoms with Gasteiger partial charge in [-0.15, -0.1) is 11.5 Å². The summed E-state index contributed by atoms with van der Waals surface area (Å²) >= 11 is 0. The molecule has 0 N–H and O–H groups in total. The van der Waals surface area contributed by atoms with Crippen LogP contribution in [0.4, 0.5) is 4.39 Å². The SMILES string of the molecule is C=C=C1c2cc(OCCOCCOCCOCCOCCOc3ccc(-c4ccc5c6c(n(C(C)F)c5c4)C=CC=C=C6)cn3)ccc2C(=O)N1C1CCC(=O)CC/C1=C\C.CCCC.[HH]. The molecule has 1 fully saturated rings. The summed E-state index contributed by atoms with van der Waals surface area (Å²) in [5.74, 6) is 1.23. The molecule has 2 atom stereocenters. The van der Waals surface area contributed by atoms with E-state index in [9.17, 15) is 14.0 Å². The lowest BCUT2D eigenvalue weighted by molar-refractivity contribution is -0.118. The number of carbonyl (C=O) groups is 2. The van der Waals surface area contributed by atoms with Crippen LogP contribution in [0, 0.1) is 0 Å². The second kappa shape index (κ2) is 25.0. The molecule has 4 aromatic rings. The molecule has 7 rings (SSSR count). The van der Waals surface area contributed by atoms with Gasteiger partial charge in [0.15, 0.2) is 6.30 Å². The highest BCUT2D eigenvalue weighted by Gasteiger charge is 2.39. The number of hydrogen-bond acceptors (Lipinski definition) is 9. The number of carbonyl (C=O) groups excluding carboxylic acids is 2. The molecule has 65 heavy (non-hydrogen) atoms. The second-order valence-electron chi connectivity index (χ2n) is 15.7. The molecule has 346 valence electrons. The topological polar surface area (TPSA) is 111 Å². The summed E-state index contributed by atoms with van der Waals surface area (Å²) in [5, 5.41) is 0.974. The number of halogens is 1. The zero-order chi connectivity index (χ0) is 46.0. The summed E-state index contributed by atoms with van der Waals surface area (Å²) in [4.78, 5) is 31.9. The summed E-state index contributed by atoms with van der Waals surface area (Å²) in [5.41, 5.74) is 13.6. The van der Waals surface area contributed by atoms with E-state index in [1.807, 2.05) is 73.7 Å². The highest BCUT2D eigenvalue weighted by atomic mass is 19.1. The van der Waals surface area contributed by atoms with E-state index < -0.39 is 6.30 Å². The van der Waals surface area contributed by atoms with Gasteiger partial charge in [-0.1, -0.05) is 63.1 Å². The van der Waals surface area contributed by atoms with Crippen LogP contribution in [0.15, 0.2) is 96.6 Å². The first kappa shape index (κ1) is 48.6. The molecule has 0 saturated heterocycles. The third-order valence-corrected chi connectivity index (χ3v) is 11.4. The van der Waals surface area contributed by atoms with Crippen molar-refractivity contribution in [2.75, 3.05) is 66.1 Å². The number of hydrogen-bond donors (Lipinski definition) is 0. The molecule has 2 aromatic heterocycles. The third-order valence-electron chi connectivity index (χ3n) is 11.4. The van der Waals surface area contributed by atoms with Gasteiger partial charge in [-0.2, -0.15) is 0 Å². The van der Waals surface area contributed by atoms with Crippen molar-refractivity contribution >= 4 is 40.4 Å². The van der Waals surface area contributed by atoms with Gasteiger partial charge >= 0.3 is 0 Å². The Morgan fingerprint density at radius 1 is 0.862 bits per heavy atom. The number of aromatic nitrogens is 2. The van der Waals surface area contributed by atoms with E-state index >= 15 is 0 Å². The maximum absolute atomic E-state index is 14.8. The van der Waals surface area contributed by atoms with E-state index in [1.165, 1.54) is 12.8 Å². The Kier molecular flexibility index (Phi) is 18.7. The molecule has 2 unspecified atom stereocenters. The van der Waals surface area contributed by atoms with E-state index in [2.05, 4.69) is 36.9 Å². The fraction of sp³-hybridized carbons (Fsp3) is 0.415. The van der Waals surface area contributed by atoms with Gasteiger partial charge in [0.2, 0.25) is 5.88 Å². The summed E-state index contributed by atoms with van der Waals surface area (Å²) in [7, 11) is 0. The molecular weight excluding hydrogens is 826 g/mol. The molecule has 12 heteroatoms. The van der Waals surface area contributed by atoms with E-state index in [4.69, 9.17) is 28.4 Å². The van der Waals surface area contributed by atoms with Crippen molar-refractivity contribution in [3.63, 3.8) is 0 Å². The fourth-order valence-electron chi connectivity index (χ4n) is 7.91. The number of fused-ring (bicyclic) bond motifs is 4. The van der Waals surface area contributed by atoms with E-state index in [0.29, 0.717) is 115 Å². The van der Waals surface area contributed by atoms with Crippen LogP contribution in [0.3, 0.4) is 0 Å². The molecule has 2 aromatic carbocycles. The monoisotopic (exact) mass is 889 g/mol. The number of rotatable bonds is 21. The van der Waals surface area contributed by atoms with Crippen LogP contribution in [0.5, 0.6) is 11.6 Å². The van der Waals surface area contributed by atoms with Gasteiger partial charge in [0.05, 0.1) is 81.4 Å². The largest absolute Gasteiger partial charge is 0.491 e. The maximum Gasteiger partial charge on any atom is 0.260 e. The predicted octanol–water partition coefficient (Wildman–Crippen LogP) is 11.0. The third kappa shape index (κ3) is 12.7. The zero-order valence-electron chi connectivity index (χ0n) is 38.2. The number of allylic oxidation sites excluding steroid dienone is 3. The van der Waals surface area contributed by atoms with Crippen LogP contribution in [0.25, 0.3) is 39.9 Å². The van der Waals surface area contributed by atoms with Crippen molar-refractivity contribution in [2.45, 2.75) is 78.6 Å². The fourth-order valence-corrected chi connectivity index (χ4v) is 7.91. The molecule has 0 radical (unpaired) electrons. The Bertz CT molecular complexity index is 2430. The van der Waals surface area contributed by atoms with Crippen molar-refractivity contribution in [1.82, 2.24) is 14.5 Å². The molecule has 11 nitrogen and oxygen atoms in total. The zero-order valence-corrected chi connectivity index (χ0v) is 38.2. The molecule has 0 bridgehead atoms. The van der Waals surface area contributed by atoms with Gasteiger partial charge in [-0.05, 0) is 80.8 Å². The first-order valence-electron chi connectivity index (χ1n) is 22.8. The highest BCUT2D eigenvalue weighted by molar-refractivity contribution is 6.09. The molecule has 3 heterocycles. The normalized spacial score (nSPS) is 16.5. The Hall–Kier alpha value is -5.84. The molecule has 3 aliphatic rings. The predicted molar refractivity (Wildman–Crippen MR) is 256 cm³/mol. The number of ketones is 1. The van der Waals surface area contributed by atoms with Crippen molar-refractivity contribution in [1.29, 1.82) is 0 Å². The van der Waals surface area contributed by atoms with Gasteiger partial charge in [-0.3, -0.25) is 14.5 Å². The number of pyridine rings is 1. The smallest absolute Gasteiger partial charge is 0.260 e. The van der Waals surface area contributed by atoms with Gasteiger partial charge in [-0.25, -0.2) is 9.37 Å². The van der Waals surface area contributed by atoms with Crippen LogP contribution >= 0.6 is 0 Å². The van der Waals surface area contributed by atoms with Crippen LogP contribution in [0.1, 0.15) is 101 Å². The Labute approximate surface area is 384 Å². The van der Waals surface area contributed by atoms with E-state index in [0.717, 1.165) is 44.4 Å². The van der Waals surface area contributed by atoms with Gasteiger partial charge in [0, 0.05) is 48.6 Å². The highest BCUT2D eigenvalue weighted by Crippen LogP contribution is 2.40. The maximum atomic E-state index is 14.8. The molecule has 2 aliphatic carbocycles. The van der Waals surface area contributed by atoms with Crippen molar-refractivity contribution in [3.8, 4) is 22.8 Å². The Morgan fingerprint density at radius 2 is 1.54 bits per heavy atom. The van der Waals surface area contributed by atoms with Gasteiger partial charge in [0.1, 0.15) is 24.7 Å². The minimum absolute atomic E-state index is 0. The number of unbranched alkanes of at least 4 members (excludes halogenated alkanes) is 1. The van der Waals surface area contributed by atoms with Crippen molar-refractivity contribution in [3.05, 3.63) is 119 Å².